The van der Waals surface area contributed by atoms with E-state index in [4.69, 9.17) is 16.3 Å². The van der Waals surface area contributed by atoms with Gasteiger partial charge in [-0.25, -0.2) is 0 Å². The number of hydrogen-bond donors (Lipinski definition) is 2. The van der Waals surface area contributed by atoms with E-state index < -0.39 is 6.10 Å². The zero-order valence-corrected chi connectivity index (χ0v) is 17.2. The third-order valence-corrected chi connectivity index (χ3v) is 5.18. The lowest BCUT2D eigenvalue weighted by Gasteiger charge is -2.32. The quantitative estimate of drug-likeness (QED) is 0.727. The van der Waals surface area contributed by atoms with Crippen molar-refractivity contribution in [1.82, 2.24) is 10.2 Å². The number of para-hydroxylation sites is 2. The van der Waals surface area contributed by atoms with Gasteiger partial charge >= 0.3 is 0 Å². The predicted molar refractivity (Wildman–Crippen MR) is 114 cm³/mol. The molecular formula is C22H26ClN3O3. The molecule has 2 aromatic carbocycles. The van der Waals surface area contributed by atoms with Crippen LogP contribution in [0, 0.1) is 0 Å². The molecule has 0 bridgehead atoms. The number of nitrogens with zero attached hydrogens (tertiary/aromatic N) is 1. The molecule has 1 saturated heterocycles. The third kappa shape index (κ3) is 6.48. The van der Waals surface area contributed by atoms with Gasteiger partial charge in [-0.2, -0.15) is 0 Å². The molecule has 7 heteroatoms. The van der Waals surface area contributed by atoms with E-state index in [1.165, 1.54) is 0 Å². The van der Waals surface area contributed by atoms with Gasteiger partial charge in [-0.15, -0.1) is 0 Å². The highest BCUT2D eigenvalue weighted by atomic mass is 35.5. The molecule has 1 aliphatic rings. The highest BCUT2D eigenvalue weighted by Gasteiger charge is 2.24. The lowest BCUT2D eigenvalue weighted by molar-refractivity contribution is -0.128. The Labute approximate surface area is 176 Å². The number of ether oxygens (including phenoxy) is 1. The van der Waals surface area contributed by atoms with Crippen LogP contribution < -0.4 is 15.4 Å². The minimum absolute atomic E-state index is 0.0274. The van der Waals surface area contributed by atoms with Gasteiger partial charge in [-0.3, -0.25) is 14.5 Å². The molecule has 29 heavy (non-hydrogen) atoms. The number of piperidine rings is 1. The first kappa shape index (κ1) is 21.1. The molecule has 1 atom stereocenters. The molecule has 0 radical (unpaired) electrons. The first-order valence-corrected chi connectivity index (χ1v) is 10.2. The van der Waals surface area contributed by atoms with Gasteiger partial charge in [-0.05, 0) is 44.0 Å². The Morgan fingerprint density at radius 2 is 1.76 bits per heavy atom. The van der Waals surface area contributed by atoms with Crippen LogP contribution in [0.15, 0.2) is 54.6 Å². The summed E-state index contributed by atoms with van der Waals surface area (Å²) in [6.07, 6.45) is 0.955. The average Bonchev–Trinajstić information content (AvgIpc) is 2.72. The molecule has 154 valence electrons. The number of hydrogen-bond acceptors (Lipinski definition) is 4. The molecular weight excluding hydrogens is 390 g/mol. The summed E-state index contributed by atoms with van der Waals surface area (Å²) in [4.78, 5) is 26.7. The van der Waals surface area contributed by atoms with Crippen LogP contribution in [0.1, 0.15) is 19.8 Å². The van der Waals surface area contributed by atoms with E-state index in [1.54, 1.807) is 19.1 Å². The normalized spacial score (nSPS) is 16.1. The van der Waals surface area contributed by atoms with Crippen LogP contribution in [0.4, 0.5) is 5.69 Å². The SMILES string of the molecule is C[C@H](Oc1ccccc1Cl)C(=O)NC1CCN(CC(=O)Nc2ccccc2)CC1. The number of likely N-dealkylation sites (tertiary alicyclic amines) is 1. The number of rotatable bonds is 7. The van der Waals surface area contributed by atoms with Crippen molar-refractivity contribution >= 4 is 29.1 Å². The maximum absolute atomic E-state index is 12.4. The van der Waals surface area contributed by atoms with Crippen LogP contribution in [-0.4, -0.2) is 48.5 Å². The average molecular weight is 416 g/mol. The lowest BCUT2D eigenvalue weighted by Crippen LogP contribution is -2.49. The number of halogens is 1. The van der Waals surface area contributed by atoms with E-state index in [1.807, 2.05) is 42.5 Å². The van der Waals surface area contributed by atoms with Gasteiger partial charge in [0.25, 0.3) is 5.91 Å². The van der Waals surface area contributed by atoms with Gasteiger partial charge in [0.1, 0.15) is 5.75 Å². The molecule has 1 heterocycles. The van der Waals surface area contributed by atoms with Crippen molar-refractivity contribution in [3.05, 3.63) is 59.6 Å². The fourth-order valence-electron chi connectivity index (χ4n) is 3.26. The van der Waals surface area contributed by atoms with Crippen LogP contribution in [0.3, 0.4) is 0 Å². The zero-order valence-electron chi connectivity index (χ0n) is 16.4. The smallest absolute Gasteiger partial charge is 0.260 e. The van der Waals surface area contributed by atoms with E-state index in [2.05, 4.69) is 15.5 Å². The van der Waals surface area contributed by atoms with E-state index in [-0.39, 0.29) is 17.9 Å². The molecule has 0 saturated carbocycles. The third-order valence-electron chi connectivity index (χ3n) is 4.87. The van der Waals surface area contributed by atoms with Crippen LogP contribution >= 0.6 is 11.6 Å². The number of anilines is 1. The van der Waals surface area contributed by atoms with Crippen molar-refractivity contribution < 1.29 is 14.3 Å². The molecule has 2 amide bonds. The number of benzene rings is 2. The Balaban J connectivity index is 1.39. The van der Waals surface area contributed by atoms with Gasteiger partial charge in [0.15, 0.2) is 6.10 Å². The Morgan fingerprint density at radius 1 is 1.10 bits per heavy atom. The van der Waals surface area contributed by atoms with Crippen molar-refractivity contribution in [3.8, 4) is 5.75 Å². The first-order chi connectivity index (χ1) is 14.0. The maximum atomic E-state index is 12.4. The van der Waals surface area contributed by atoms with Gasteiger partial charge in [0.05, 0.1) is 11.6 Å². The predicted octanol–water partition coefficient (Wildman–Crippen LogP) is 3.33. The minimum atomic E-state index is -0.635. The van der Waals surface area contributed by atoms with Gasteiger partial charge < -0.3 is 15.4 Å². The fourth-order valence-corrected chi connectivity index (χ4v) is 3.44. The van der Waals surface area contributed by atoms with Crippen LogP contribution in [0.25, 0.3) is 0 Å². The second-order valence-electron chi connectivity index (χ2n) is 7.16. The lowest BCUT2D eigenvalue weighted by atomic mass is 10.0. The van der Waals surface area contributed by atoms with Gasteiger partial charge in [-0.1, -0.05) is 41.9 Å². The summed E-state index contributed by atoms with van der Waals surface area (Å²) in [6.45, 7) is 3.57. The number of carbonyl (C=O) groups is 2. The van der Waals surface area contributed by atoms with Crippen molar-refractivity contribution in [1.29, 1.82) is 0 Å². The van der Waals surface area contributed by atoms with Crippen molar-refractivity contribution in [3.63, 3.8) is 0 Å². The Bertz CT molecular complexity index is 823. The molecule has 0 unspecified atom stereocenters. The zero-order chi connectivity index (χ0) is 20.6. The largest absolute Gasteiger partial charge is 0.479 e. The van der Waals surface area contributed by atoms with Crippen molar-refractivity contribution in [2.45, 2.75) is 31.9 Å². The Kier molecular flexibility index (Phi) is 7.49. The molecule has 2 aromatic rings. The highest BCUT2D eigenvalue weighted by Crippen LogP contribution is 2.24. The summed E-state index contributed by atoms with van der Waals surface area (Å²) < 4.78 is 5.67. The molecule has 0 aliphatic carbocycles. The summed E-state index contributed by atoms with van der Waals surface area (Å²) in [5, 5.41) is 6.42. The molecule has 3 rings (SSSR count). The van der Waals surface area contributed by atoms with Crippen LogP contribution in [0.2, 0.25) is 5.02 Å². The maximum Gasteiger partial charge on any atom is 0.260 e. The Hall–Kier alpha value is -2.57. The van der Waals surface area contributed by atoms with Gasteiger partial charge in [0, 0.05) is 24.8 Å². The molecule has 2 N–H and O–H groups in total. The van der Waals surface area contributed by atoms with Crippen molar-refractivity contribution in [2.75, 3.05) is 25.0 Å². The fraction of sp³-hybridized carbons (Fsp3) is 0.364. The molecule has 0 spiro atoms. The standard InChI is InChI=1S/C22H26ClN3O3/c1-16(29-20-10-6-5-9-19(20)23)22(28)25-18-11-13-26(14-12-18)15-21(27)24-17-7-3-2-4-8-17/h2-10,16,18H,11-15H2,1H3,(H,24,27)(H,25,28)/t16-/m0/s1. The summed E-state index contributed by atoms with van der Waals surface area (Å²) in [7, 11) is 0. The highest BCUT2D eigenvalue weighted by molar-refractivity contribution is 6.32. The van der Waals surface area contributed by atoms with Crippen molar-refractivity contribution in [2.24, 2.45) is 0 Å². The summed E-state index contributed by atoms with van der Waals surface area (Å²) >= 11 is 6.08. The summed E-state index contributed by atoms with van der Waals surface area (Å²) in [5.41, 5.74) is 0.798. The van der Waals surface area contributed by atoms with Crippen LogP contribution in [-0.2, 0) is 9.59 Å². The molecule has 1 fully saturated rings. The molecule has 0 aromatic heterocycles. The first-order valence-electron chi connectivity index (χ1n) is 9.80. The number of nitrogens with one attached hydrogen (secondary N) is 2. The molecule has 6 nitrogen and oxygen atoms in total. The van der Waals surface area contributed by atoms with Gasteiger partial charge in [0.2, 0.25) is 5.91 Å². The Morgan fingerprint density at radius 3 is 2.45 bits per heavy atom. The van der Waals surface area contributed by atoms with E-state index in [0.29, 0.717) is 17.3 Å². The van der Waals surface area contributed by atoms with Crippen LogP contribution in [0.5, 0.6) is 5.75 Å². The monoisotopic (exact) mass is 415 g/mol. The summed E-state index contributed by atoms with van der Waals surface area (Å²) in [6, 6.07) is 16.6. The minimum Gasteiger partial charge on any atom is -0.479 e. The topological polar surface area (TPSA) is 70.7 Å². The number of carbonyl (C=O) groups excluding carboxylic acids is 2. The second-order valence-corrected chi connectivity index (χ2v) is 7.57. The second kappa shape index (κ2) is 10.3. The van der Waals surface area contributed by atoms with E-state index >= 15 is 0 Å². The van der Waals surface area contributed by atoms with E-state index in [9.17, 15) is 9.59 Å². The molecule has 1 aliphatic heterocycles. The summed E-state index contributed by atoms with van der Waals surface area (Å²) in [5.74, 6) is 0.307. The number of amides is 2. The van der Waals surface area contributed by atoms with E-state index in [0.717, 1.165) is 31.6 Å².